The van der Waals surface area contributed by atoms with Crippen LogP contribution in [0.4, 0.5) is 13.2 Å². The second-order valence-corrected chi connectivity index (χ2v) is 4.77. The number of carbonyl (C=O) groups is 1. The highest BCUT2D eigenvalue weighted by Crippen LogP contribution is 2.29. The smallest absolute Gasteiger partial charge is 0.475 e. The maximum Gasteiger partial charge on any atom is 0.490 e. The van der Waals surface area contributed by atoms with Gasteiger partial charge < -0.3 is 15.3 Å². The highest BCUT2D eigenvalue weighted by Gasteiger charge is 2.38. The van der Waals surface area contributed by atoms with Crippen LogP contribution in [0.15, 0.2) is 5.16 Å². The highest BCUT2D eigenvalue weighted by molar-refractivity contribution is 5.88. The molecule has 5 nitrogen and oxygen atoms in total. The number of carboxylic acids is 1. The molecule has 0 amide bonds. The Kier molecular flexibility index (Phi) is 6.25. The molecule has 2 rings (SSSR count). The van der Waals surface area contributed by atoms with Gasteiger partial charge in [-0.2, -0.15) is 13.2 Å². The second kappa shape index (κ2) is 7.47. The van der Waals surface area contributed by atoms with E-state index in [1.807, 2.05) is 0 Å². The van der Waals surface area contributed by atoms with Crippen LogP contribution in [0.25, 0.3) is 0 Å². The van der Waals surface area contributed by atoms with Crippen LogP contribution in [0.5, 0.6) is 0 Å². The number of carboxylic acid groups (broad SMARTS) is 1. The summed E-state index contributed by atoms with van der Waals surface area (Å²) in [6.45, 7) is 1.07. The number of hydrogen-bond acceptors (Lipinski definition) is 4. The minimum Gasteiger partial charge on any atom is -0.475 e. The monoisotopic (exact) mass is 296 g/mol. The van der Waals surface area contributed by atoms with Crippen molar-refractivity contribution in [1.29, 1.82) is 0 Å². The molecule has 1 saturated carbocycles. The second-order valence-electron chi connectivity index (χ2n) is 4.77. The fourth-order valence-electron chi connectivity index (χ4n) is 2.58. The number of piperidine rings is 1. The zero-order valence-electron chi connectivity index (χ0n) is 11.2. The molecule has 0 radical (unpaired) electrons. The van der Waals surface area contributed by atoms with E-state index >= 15 is 0 Å². The highest BCUT2D eigenvalue weighted by atomic mass is 19.4. The molecule has 1 heterocycles. The Balaban J connectivity index is 0.000000246. The summed E-state index contributed by atoms with van der Waals surface area (Å²) in [4.78, 5) is 13.8. The lowest BCUT2D eigenvalue weighted by molar-refractivity contribution is -0.192. The summed E-state index contributed by atoms with van der Waals surface area (Å²) in [5.74, 6) is -2.10. The summed E-state index contributed by atoms with van der Waals surface area (Å²) < 4.78 is 31.7. The zero-order valence-corrected chi connectivity index (χ0v) is 11.2. The standard InChI is InChI=1S/C10H18N2O.C2HF3O2/c1-13-12-10-6-7-11-9-5-3-2-4-8(9)10;3-2(4,5)1(6)7/h8-9,11H,2-7H2,1H3;(H,6,7)/b12-10+;. The molecule has 0 bridgehead atoms. The van der Waals surface area contributed by atoms with Crippen molar-refractivity contribution in [2.45, 2.75) is 44.3 Å². The summed E-state index contributed by atoms with van der Waals surface area (Å²) >= 11 is 0. The van der Waals surface area contributed by atoms with Gasteiger partial charge in [-0.05, 0) is 12.8 Å². The molecule has 0 aromatic heterocycles. The SMILES string of the molecule is CO/N=C1\CCNC2CCCCC12.O=C(O)C(F)(F)F. The van der Waals surface area contributed by atoms with E-state index in [1.54, 1.807) is 7.11 Å². The molecular formula is C12H19F3N2O3. The summed E-state index contributed by atoms with van der Waals surface area (Å²) in [7, 11) is 1.65. The number of nitrogens with zero attached hydrogens (tertiary/aromatic N) is 1. The summed E-state index contributed by atoms with van der Waals surface area (Å²) in [6.07, 6.45) is 1.31. The molecule has 116 valence electrons. The predicted octanol–water partition coefficient (Wildman–Crippen LogP) is 2.17. The normalized spacial score (nSPS) is 28.1. The van der Waals surface area contributed by atoms with Crippen LogP contribution < -0.4 is 5.32 Å². The van der Waals surface area contributed by atoms with E-state index in [2.05, 4.69) is 10.5 Å². The summed E-state index contributed by atoms with van der Waals surface area (Å²) in [5, 5.41) is 14.8. The number of hydrogen-bond donors (Lipinski definition) is 2. The first kappa shape index (κ1) is 16.7. The van der Waals surface area contributed by atoms with Gasteiger partial charge in [-0.25, -0.2) is 4.79 Å². The number of aliphatic carboxylic acids is 1. The molecule has 8 heteroatoms. The van der Waals surface area contributed by atoms with Gasteiger partial charge in [-0.3, -0.25) is 0 Å². The van der Waals surface area contributed by atoms with Crippen molar-refractivity contribution in [3.63, 3.8) is 0 Å². The van der Waals surface area contributed by atoms with Crippen LogP contribution in [0.2, 0.25) is 0 Å². The average molecular weight is 296 g/mol. The van der Waals surface area contributed by atoms with Crippen LogP contribution in [-0.4, -0.2) is 42.7 Å². The Morgan fingerprint density at radius 2 is 2.00 bits per heavy atom. The van der Waals surface area contributed by atoms with Crippen molar-refractivity contribution in [2.75, 3.05) is 13.7 Å². The number of halogens is 3. The first-order valence-corrected chi connectivity index (χ1v) is 6.49. The van der Waals surface area contributed by atoms with Crippen molar-refractivity contribution in [3.05, 3.63) is 0 Å². The minimum absolute atomic E-state index is 0.655. The maximum absolute atomic E-state index is 10.6. The van der Waals surface area contributed by atoms with E-state index in [-0.39, 0.29) is 0 Å². The Hall–Kier alpha value is -1.31. The molecular weight excluding hydrogens is 277 g/mol. The van der Waals surface area contributed by atoms with Crippen molar-refractivity contribution in [2.24, 2.45) is 11.1 Å². The molecule has 0 aromatic rings. The Labute approximate surface area is 115 Å². The van der Waals surface area contributed by atoms with E-state index in [1.165, 1.54) is 31.4 Å². The number of oxime groups is 1. The van der Waals surface area contributed by atoms with Crippen molar-refractivity contribution in [3.8, 4) is 0 Å². The van der Waals surface area contributed by atoms with Crippen molar-refractivity contribution >= 4 is 11.7 Å². The summed E-state index contributed by atoms with van der Waals surface area (Å²) in [6, 6.07) is 0.677. The number of fused-ring (bicyclic) bond motifs is 1. The molecule has 2 N–H and O–H groups in total. The first-order valence-electron chi connectivity index (χ1n) is 6.49. The first-order chi connectivity index (χ1) is 9.36. The largest absolute Gasteiger partial charge is 0.490 e. The average Bonchev–Trinajstić information content (AvgIpc) is 2.39. The van der Waals surface area contributed by atoms with Crippen LogP contribution in [0.3, 0.4) is 0 Å². The van der Waals surface area contributed by atoms with Crippen LogP contribution in [-0.2, 0) is 9.63 Å². The lowest BCUT2D eigenvalue weighted by Gasteiger charge is -2.36. The fraction of sp³-hybridized carbons (Fsp3) is 0.833. The van der Waals surface area contributed by atoms with Gasteiger partial charge in [0.1, 0.15) is 7.11 Å². The number of nitrogens with one attached hydrogen (secondary N) is 1. The van der Waals surface area contributed by atoms with Gasteiger partial charge in [0.15, 0.2) is 0 Å². The molecule has 20 heavy (non-hydrogen) atoms. The third-order valence-electron chi connectivity index (χ3n) is 3.43. The Morgan fingerprint density at radius 1 is 1.40 bits per heavy atom. The fourth-order valence-corrected chi connectivity index (χ4v) is 2.58. The van der Waals surface area contributed by atoms with E-state index in [0.717, 1.165) is 13.0 Å². The van der Waals surface area contributed by atoms with E-state index in [4.69, 9.17) is 14.7 Å². The Bertz CT molecular complexity index is 356. The van der Waals surface area contributed by atoms with Crippen LogP contribution in [0.1, 0.15) is 32.1 Å². The number of rotatable bonds is 1. The van der Waals surface area contributed by atoms with E-state index < -0.39 is 12.1 Å². The van der Waals surface area contributed by atoms with Crippen LogP contribution >= 0.6 is 0 Å². The molecule has 1 saturated heterocycles. The minimum atomic E-state index is -5.08. The zero-order chi connectivity index (χ0) is 15.2. The lowest BCUT2D eigenvalue weighted by atomic mass is 9.78. The van der Waals surface area contributed by atoms with E-state index in [0.29, 0.717) is 12.0 Å². The molecule has 2 atom stereocenters. The maximum atomic E-state index is 10.6. The lowest BCUT2D eigenvalue weighted by Crippen LogP contribution is -2.48. The van der Waals surface area contributed by atoms with Gasteiger partial charge in [-0.1, -0.05) is 18.0 Å². The van der Waals surface area contributed by atoms with Crippen molar-refractivity contribution in [1.82, 2.24) is 5.32 Å². The van der Waals surface area contributed by atoms with Crippen LogP contribution in [0, 0.1) is 5.92 Å². The van der Waals surface area contributed by atoms with Crippen molar-refractivity contribution < 1.29 is 27.9 Å². The number of alkyl halides is 3. The molecule has 2 fully saturated rings. The van der Waals surface area contributed by atoms with E-state index in [9.17, 15) is 13.2 Å². The predicted molar refractivity (Wildman–Crippen MR) is 66.5 cm³/mol. The molecule has 2 aliphatic rings. The molecule has 2 unspecified atom stereocenters. The third-order valence-corrected chi connectivity index (χ3v) is 3.43. The van der Waals surface area contributed by atoms with Gasteiger partial charge >= 0.3 is 12.1 Å². The third kappa shape index (κ3) is 4.99. The van der Waals surface area contributed by atoms with Gasteiger partial charge in [-0.15, -0.1) is 0 Å². The summed E-state index contributed by atoms with van der Waals surface area (Å²) in [5.41, 5.74) is 1.28. The topological polar surface area (TPSA) is 70.9 Å². The van der Waals surface area contributed by atoms with Gasteiger partial charge in [0, 0.05) is 24.9 Å². The molecule has 0 aromatic carbocycles. The van der Waals surface area contributed by atoms with Gasteiger partial charge in [0.25, 0.3) is 0 Å². The van der Waals surface area contributed by atoms with Gasteiger partial charge in [0.05, 0.1) is 5.71 Å². The quantitative estimate of drug-likeness (QED) is 0.728. The van der Waals surface area contributed by atoms with Gasteiger partial charge in [0.2, 0.25) is 0 Å². The molecule has 1 aliphatic carbocycles. The Morgan fingerprint density at radius 3 is 2.55 bits per heavy atom. The molecule has 0 spiro atoms. The molecule has 1 aliphatic heterocycles.